The summed E-state index contributed by atoms with van der Waals surface area (Å²) in [4.78, 5) is 1.25. The fraction of sp³-hybridized carbons (Fsp3) is 0.389. The lowest BCUT2D eigenvalue weighted by Crippen LogP contribution is -2.17. The van der Waals surface area contributed by atoms with Crippen molar-refractivity contribution < 1.29 is 4.52 Å². The van der Waals surface area contributed by atoms with Crippen LogP contribution in [0, 0.1) is 5.92 Å². The van der Waals surface area contributed by atoms with Gasteiger partial charge >= 0.3 is 0 Å². The van der Waals surface area contributed by atoms with Crippen LogP contribution in [0.5, 0.6) is 0 Å². The van der Waals surface area contributed by atoms with Crippen LogP contribution in [-0.2, 0) is 6.54 Å². The van der Waals surface area contributed by atoms with Crippen LogP contribution in [0.15, 0.2) is 52.4 Å². The van der Waals surface area contributed by atoms with Crippen molar-refractivity contribution in [1.29, 1.82) is 0 Å². The molecule has 0 spiro atoms. The maximum atomic E-state index is 5.43. The van der Waals surface area contributed by atoms with Crippen LogP contribution in [0.4, 0.5) is 0 Å². The Morgan fingerprint density at radius 2 is 2.14 bits per heavy atom. The Balaban J connectivity index is 1.82. The third kappa shape index (κ3) is 5.04. The largest absolute Gasteiger partial charge is 0.356 e. The van der Waals surface area contributed by atoms with E-state index in [4.69, 9.17) is 4.52 Å². The quantitative estimate of drug-likeness (QED) is 0.411. The molecule has 1 N–H and O–H groups in total. The molecule has 0 fully saturated rings. The molecular weight excluding hydrogens is 292 g/mol. The van der Waals surface area contributed by atoms with Crippen molar-refractivity contribution in [3.05, 3.63) is 48.7 Å². The molecule has 2 rings (SSSR count). The van der Waals surface area contributed by atoms with Crippen LogP contribution in [0.25, 0.3) is 11.3 Å². The summed E-state index contributed by atoms with van der Waals surface area (Å²) in [6, 6.07) is 10.3. The zero-order valence-electron chi connectivity index (χ0n) is 13.3. The zero-order valence-corrected chi connectivity index (χ0v) is 14.2. The van der Waals surface area contributed by atoms with Crippen LogP contribution in [0.1, 0.15) is 25.5 Å². The highest BCUT2D eigenvalue weighted by molar-refractivity contribution is 7.98. The highest BCUT2D eigenvalue weighted by atomic mass is 32.2. The smallest absolute Gasteiger partial charge is 0.167 e. The molecule has 0 saturated carbocycles. The van der Waals surface area contributed by atoms with Gasteiger partial charge in [0.25, 0.3) is 0 Å². The Bertz CT molecular complexity index is 577. The molecule has 0 bridgehead atoms. The summed E-state index contributed by atoms with van der Waals surface area (Å²) < 4.78 is 5.43. The monoisotopic (exact) mass is 316 g/mol. The second-order valence-electron chi connectivity index (χ2n) is 5.51. The molecule has 0 aliphatic carbocycles. The fourth-order valence-corrected chi connectivity index (χ4v) is 2.66. The molecule has 3 nitrogen and oxygen atoms in total. The molecule has 2 aromatic rings. The lowest BCUT2D eigenvalue weighted by Gasteiger charge is -2.08. The third-order valence-electron chi connectivity index (χ3n) is 3.62. The van der Waals surface area contributed by atoms with E-state index in [2.05, 4.69) is 54.5 Å². The maximum Gasteiger partial charge on any atom is 0.167 e. The van der Waals surface area contributed by atoms with Gasteiger partial charge in [-0.3, -0.25) is 0 Å². The molecule has 0 aliphatic heterocycles. The fourth-order valence-electron chi connectivity index (χ4n) is 2.25. The zero-order chi connectivity index (χ0) is 15.8. The second kappa shape index (κ2) is 8.81. The Labute approximate surface area is 137 Å². The molecule has 0 radical (unpaired) electrons. The summed E-state index contributed by atoms with van der Waals surface area (Å²) in [5.41, 5.74) is 2.01. The van der Waals surface area contributed by atoms with E-state index in [0.29, 0.717) is 5.92 Å². The van der Waals surface area contributed by atoms with Crippen LogP contribution in [0.3, 0.4) is 0 Å². The number of hydrogen-bond acceptors (Lipinski definition) is 4. The number of benzene rings is 1. The van der Waals surface area contributed by atoms with Gasteiger partial charge in [0, 0.05) is 23.1 Å². The molecule has 1 unspecified atom stereocenters. The van der Waals surface area contributed by atoms with Gasteiger partial charge in [-0.25, -0.2) is 0 Å². The van der Waals surface area contributed by atoms with Crippen molar-refractivity contribution in [3.63, 3.8) is 0 Å². The molecule has 0 amide bonds. The number of nitrogens with one attached hydrogen (secondary N) is 1. The first kappa shape index (κ1) is 16.8. The third-order valence-corrected chi connectivity index (χ3v) is 4.37. The van der Waals surface area contributed by atoms with Gasteiger partial charge in [0.2, 0.25) is 0 Å². The van der Waals surface area contributed by atoms with Gasteiger partial charge in [-0.2, -0.15) is 0 Å². The molecule has 1 aromatic heterocycles. The van der Waals surface area contributed by atoms with E-state index in [1.165, 1.54) is 4.90 Å². The molecule has 118 valence electrons. The highest BCUT2D eigenvalue weighted by Crippen LogP contribution is 2.23. The minimum absolute atomic E-state index is 0.674. The molecule has 22 heavy (non-hydrogen) atoms. The molecule has 0 aliphatic rings. The van der Waals surface area contributed by atoms with E-state index in [0.717, 1.165) is 42.9 Å². The SMILES string of the molecule is C=CCC(C)CCNCc1cc(-c2ccc(SC)cc2)on1. The van der Waals surface area contributed by atoms with Crippen molar-refractivity contribution in [1.82, 2.24) is 10.5 Å². The van der Waals surface area contributed by atoms with E-state index >= 15 is 0 Å². The minimum Gasteiger partial charge on any atom is -0.356 e. The first-order valence-corrected chi connectivity index (χ1v) is 8.87. The lowest BCUT2D eigenvalue weighted by molar-refractivity contribution is 0.418. The lowest BCUT2D eigenvalue weighted by atomic mass is 10.0. The van der Waals surface area contributed by atoms with Gasteiger partial charge in [0.1, 0.15) is 0 Å². The first-order valence-electron chi connectivity index (χ1n) is 7.64. The second-order valence-corrected chi connectivity index (χ2v) is 6.39. The van der Waals surface area contributed by atoms with Crippen LogP contribution in [-0.4, -0.2) is 18.0 Å². The Morgan fingerprint density at radius 3 is 2.82 bits per heavy atom. The van der Waals surface area contributed by atoms with Crippen molar-refractivity contribution in [3.8, 4) is 11.3 Å². The van der Waals surface area contributed by atoms with Crippen LogP contribution >= 0.6 is 11.8 Å². The van der Waals surface area contributed by atoms with Gasteiger partial charge in [-0.15, -0.1) is 18.3 Å². The topological polar surface area (TPSA) is 38.1 Å². The van der Waals surface area contributed by atoms with Crippen molar-refractivity contribution in [2.75, 3.05) is 12.8 Å². The Morgan fingerprint density at radius 1 is 1.36 bits per heavy atom. The number of nitrogens with zero attached hydrogens (tertiary/aromatic N) is 1. The van der Waals surface area contributed by atoms with Gasteiger partial charge in [-0.05, 0) is 43.7 Å². The number of thioether (sulfide) groups is 1. The molecule has 0 saturated heterocycles. The molecule has 1 heterocycles. The minimum atomic E-state index is 0.674. The van der Waals surface area contributed by atoms with E-state index in [-0.39, 0.29) is 0 Å². The predicted molar refractivity (Wildman–Crippen MR) is 94.0 cm³/mol. The Kier molecular flexibility index (Phi) is 6.74. The number of hydrogen-bond donors (Lipinski definition) is 1. The van der Waals surface area contributed by atoms with Crippen molar-refractivity contribution in [2.24, 2.45) is 5.92 Å². The summed E-state index contributed by atoms with van der Waals surface area (Å²) in [5, 5.41) is 7.54. The first-order chi connectivity index (χ1) is 10.7. The summed E-state index contributed by atoms with van der Waals surface area (Å²) in [5.74, 6) is 1.50. The van der Waals surface area contributed by atoms with Gasteiger partial charge < -0.3 is 9.84 Å². The Hall–Kier alpha value is -1.52. The summed E-state index contributed by atoms with van der Waals surface area (Å²) in [6.45, 7) is 7.75. The standard InChI is InChI=1S/C18H24N2OS/c1-4-5-14(2)10-11-19-13-16-12-18(21-20-16)15-6-8-17(22-3)9-7-15/h4,6-9,12,14,19H,1,5,10-11,13H2,2-3H3. The molecular formula is C18H24N2OS. The predicted octanol–water partition coefficient (Wildman–Crippen LogP) is 4.76. The van der Waals surface area contributed by atoms with Gasteiger partial charge in [-0.1, -0.05) is 30.3 Å². The number of aromatic nitrogens is 1. The number of allylic oxidation sites excluding steroid dienone is 1. The van der Waals surface area contributed by atoms with Gasteiger partial charge in [0.05, 0.1) is 5.69 Å². The molecule has 1 aromatic carbocycles. The van der Waals surface area contributed by atoms with E-state index < -0.39 is 0 Å². The maximum absolute atomic E-state index is 5.43. The normalized spacial score (nSPS) is 12.3. The highest BCUT2D eigenvalue weighted by Gasteiger charge is 2.07. The number of rotatable bonds is 9. The van der Waals surface area contributed by atoms with Crippen LogP contribution in [0.2, 0.25) is 0 Å². The van der Waals surface area contributed by atoms with Crippen LogP contribution < -0.4 is 5.32 Å². The molecule has 4 heteroatoms. The van der Waals surface area contributed by atoms with Crippen molar-refractivity contribution >= 4 is 11.8 Å². The molecule has 1 atom stereocenters. The van der Waals surface area contributed by atoms with E-state index in [9.17, 15) is 0 Å². The summed E-state index contributed by atoms with van der Waals surface area (Å²) in [6.07, 6.45) is 6.27. The average Bonchev–Trinajstić information content (AvgIpc) is 3.01. The van der Waals surface area contributed by atoms with Gasteiger partial charge in [0.15, 0.2) is 5.76 Å². The average molecular weight is 316 g/mol. The summed E-state index contributed by atoms with van der Waals surface area (Å²) in [7, 11) is 0. The summed E-state index contributed by atoms with van der Waals surface area (Å²) >= 11 is 1.73. The van der Waals surface area contributed by atoms with E-state index in [1.54, 1.807) is 11.8 Å². The van der Waals surface area contributed by atoms with Crippen molar-refractivity contribution in [2.45, 2.75) is 31.2 Å². The van der Waals surface area contributed by atoms with E-state index in [1.807, 2.05) is 12.1 Å².